The predicted octanol–water partition coefficient (Wildman–Crippen LogP) is 6.07. The van der Waals surface area contributed by atoms with Crippen molar-refractivity contribution in [1.29, 1.82) is 0 Å². The van der Waals surface area contributed by atoms with E-state index in [1.807, 2.05) is 31.2 Å². The molecular weight excluding hydrogens is 434 g/mol. The highest BCUT2D eigenvalue weighted by Gasteiger charge is 2.36. The molecule has 1 amide bonds. The second kappa shape index (κ2) is 9.02. The number of hydrogen-bond acceptors (Lipinski definition) is 2. The zero-order chi connectivity index (χ0) is 23.5. The Kier molecular flexibility index (Phi) is 6.57. The average Bonchev–Trinajstić information content (AvgIpc) is 2.72. The molecule has 0 unspecified atom stereocenters. The number of rotatable bonds is 5. The number of benzene rings is 2. The third kappa shape index (κ3) is 5.46. The maximum Gasteiger partial charge on any atom is 0.416 e. The molecule has 3 rings (SSSR count). The van der Waals surface area contributed by atoms with Gasteiger partial charge in [0, 0.05) is 24.5 Å². The van der Waals surface area contributed by atoms with Gasteiger partial charge in [-0.2, -0.15) is 26.3 Å². The summed E-state index contributed by atoms with van der Waals surface area (Å²) in [6.07, 6.45) is -7.08. The molecule has 0 atom stereocenters. The van der Waals surface area contributed by atoms with E-state index in [1.165, 1.54) is 18.5 Å². The SMILES string of the molecule is Cc1ccccc1-c1cnccc1C(=O)NCCc1cc(C(F)(F)F)cc(C(F)(F)F)c1. The fourth-order valence-electron chi connectivity index (χ4n) is 3.26. The summed E-state index contributed by atoms with van der Waals surface area (Å²) in [7, 11) is 0. The number of nitrogens with zero attached hydrogens (tertiary/aromatic N) is 1. The van der Waals surface area contributed by atoms with Gasteiger partial charge in [0.25, 0.3) is 5.91 Å². The summed E-state index contributed by atoms with van der Waals surface area (Å²) in [6.45, 7) is 1.73. The van der Waals surface area contributed by atoms with Crippen LogP contribution in [0.1, 0.15) is 32.6 Å². The molecule has 3 aromatic rings. The monoisotopic (exact) mass is 452 g/mol. The number of pyridine rings is 1. The van der Waals surface area contributed by atoms with Crippen LogP contribution >= 0.6 is 0 Å². The van der Waals surface area contributed by atoms with Gasteiger partial charge in [-0.3, -0.25) is 9.78 Å². The van der Waals surface area contributed by atoms with Crippen molar-refractivity contribution < 1.29 is 31.1 Å². The lowest BCUT2D eigenvalue weighted by atomic mass is 9.97. The molecule has 0 aliphatic carbocycles. The number of alkyl halides is 6. The highest BCUT2D eigenvalue weighted by atomic mass is 19.4. The molecule has 32 heavy (non-hydrogen) atoms. The van der Waals surface area contributed by atoms with Gasteiger partial charge < -0.3 is 5.32 Å². The van der Waals surface area contributed by atoms with Crippen LogP contribution < -0.4 is 5.32 Å². The number of hydrogen-bond donors (Lipinski definition) is 1. The van der Waals surface area contributed by atoms with E-state index in [4.69, 9.17) is 0 Å². The summed E-state index contributed by atoms with van der Waals surface area (Å²) in [5, 5.41) is 2.56. The Morgan fingerprint density at radius 3 is 2.12 bits per heavy atom. The number of aromatic nitrogens is 1. The first kappa shape index (κ1) is 23.3. The molecule has 0 saturated carbocycles. The topological polar surface area (TPSA) is 42.0 Å². The zero-order valence-corrected chi connectivity index (χ0v) is 16.8. The molecule has 168 valence electrons. The standard InChI is InChI=1S/C23H18F6N2O/c1-14-4-2-3-5-18(14)20-13-30-8-7-19(20)21(32)31-9-6-15-10-16(22(24,25)26)12-17(11-15)23(27,28)29/h2-5,7-8,10-13H,6,9H2,1H3,(H,31,32). The minimum Gasteiger partial charge on any atom is -0.352 e. The van der Waals surface area contributed by atoms with Crippen molar-refractivity contribution in [2.75, 3.05) is 6.54 Å². The summed E-state index contributed by atoms with van der Waals surface area (Å²) in [6, 6.07) is 10.2. The molecule has 0 fully saturated rings. The maximum atomic E-state index is 13.0. The highest BCUT2D eigenvalue weighted by Crippen LogP contribution is 2.36. The van der Waals surface area contributed by atoms with E-state index in [0.29, 0.717) is 23.3 Å². The number of nitrogens with one attached hydrogen (secondary N) is 1. The van der Waals surface area contributed by atoms with E-state index in [1.54, 1.807) is 0 Å². The van der Waals surface area contributed by atoms with Crippen LogP contribution in [0.3, 0.4) is 0 Å². The van der Waals surface area contributed by atoms with Gasteiger partial charge in [0.15, 0.2) is 0 Å². The number of aryl methyl sites for hydroxylation is 1. The Morgan fingerprint density at radius 2 is 1.53 bits per heavy atom. The predicted molar refractivity (Wildman–Crippen MR) is 107 cm³/mol. The molecule has 2 aromatic carbocycles. The Labute approximate surface area is 180 Å². The molecule has 0 radical (unpaired) electrons. The van der Waals surface area contributed by atoms with E-state index in [0.717, 1.165) is 11.1 Å². The van der Waals surface area contributed by atoms with Crippen LogP contribution in [0.2, 0.25) is 0 Å². The summed E-state index contributed by atoms with van der Waals surface area (Å²) >= 11 is 0. The number of halogens is 6. The van der Waals surface area contributed by atoms with Gasteiger partial charge in [0.1, 0.15) is 0 Å². The lowest BCUT2D eigenvalue weighted by Gasteiger charge is -2.15. The van der Waals surface area contributed by atoms with Gasteiger partial charge >= 0.3 is 12.4 Å². The van der Waals surface area contributed by atoms with Crippen molar-refractivity contribution >= 4 is 5.91 Å². The lowest BCUT2D eigenvalue weighted by molar-refractivity contribution is -0.143. The molecule has 1 N–H and O–H groups in total. The molecule has 0 saturated heterocycles. The molecule has 0 spiro atoms. The van der Waals surface area contributed by atoms with Crippen molar-refractivity contribution in [3.63, 3.8) is 0 Å². The summed E-state index contributed by atoms with van der Waals surface area (Å²) in [5.41, 5.74) is -0.372. The van der Waals surface area contributed by atoms with Gasteiger partial charge in [-0.1, -0.05) is 24.3 Å². The van der Waals surface area contributed by atoms with Crippen molar-refractivity contribution in [3.8, 4) is 11.1 Å². The van der Waals surface area contributed by atoms with Gasteiger partial charge in [0.05, 0.1) is 16.7 Å². The van der Waals surface area contributed by atoms with Crippen LogP contribution in [0, 0.1) is 6.92 Å². The van der Waals surface area contributed by atoms with E-state index in [2.05, 4.69) is 10.3 Å². The molecule has 0 aliphatic heterocycles. The third-order valence-electron chi connectivity index (χ3n) is 4.85. The molecule has 0 bridgehead atoms. The summed E-state index contributed by atoms with van der Waals surface area (Å²) < 4.78 is 78.0. The highest BCUT2D eigenvalue weighted by molar-refractivity contribution is 6.00. The van der Waals surface area contributed by atoms with Gasteiger partial charge in [-0.05, 0) is 54.3 Å². The van der Waals surface area contributed by atoms with Crippen LogP contribution in [0.4, 0.5) is 26.3 Å². The van der Waals surface area contributed by atoms with Crippen molar-refractivity contribution in [1.82, 2.24) is 10.3 Å². The molecule has 1 heterocycles. The van der Waals surface area contributed by atoms with Crippen LogP contribution in [-0.4, -0.2) is 17.4 Å². The lowest BCUT2D eigenvalue weighted by Crippen LogP contribution is -2.26. The Balaban J connectivity index is 1.78. The van der Waals surface area contributed by atoms with Gasteiger partial charge in [0.2, 0.25) is 0 Å². The van der Waals surface area contributed by atoms with Crippen LogP contribution in [0.15, 0.2) is 60.9 Å². The van der Waals surface area contributed by atoms with Gasteiger partial charge in [-0.15, -0.1) is 0 Å². The quantitative estimate of drug-likeness (QED) is 0.478. The Hall–Kier alpha value is -3.36. The largest absolute Gasteiger partial charge is 0.416 e. The average molecular weight is 452 g/mol. The Bertz CT molecular complexity index is 1090. The van der Waals surface area contributed by atoms with Crippen LogP contribution in [0.25, 0.3) is 11.1 Å². The van der Waals surface area contributed by atoms with Crippen LogP contribution in [-0.2, 0) is 18.8 Å². The number of amides is 1. The molecule has 9 heteroatoms. The Morgan fingerprint density at radius 1 is 0.906 bits per heavy atom. The fourth-order valence-corrected chi connectivity index (χ4v) is 3.26. The molecule has 3 nitrogen and oxygen atoms in total. The molecular formula is C23H18F6N2O. The second-order valence-electron chi connectivity index (χ2n) is 7.16. The first-order valence-electron chi connectivity index (χ1n) is 9.53. The number of carbonyl (C=O) groups is 1. The maximum absolute atomic E-state index is 13.0. The zero-order valence-electron chi connectivity index (χ0n) is 16.8. The van der Waals surface area contributed by atoms with Crippen molar-refractivity contribution in [2.24, 2.45) is 0 Å². The van der Waals surface area contributed by atoms with E-state index in [-0.39, 0.29) is 24.6 Å². The summed E-state index contributed by atoms with van der Waals surface area (Å²) in [4.78, 5) is 16.7. The summed E-state index contributed by atoms with van der Waals surface area (Å²) in [5.74, 6) is -0.506. The van der Waals surface area contributed by atoms with E-state index < -0.39 is 29.4 Å². The van der Waals surface area contributed by atoms with Crippen LogP contribution in [0.5, 0.6) is 0 Å². The second-order valence-corrected chi connectivity index (χ2v) is 7.16. The van der Waals surface area contributed by atoms with Crippen molar-refractivity contribution in [3.05, 3.63) is 88.7 Å². The first-order valence-corrected chi connectivity index (χ1v) is 9.53. The minimum atomic E-state index is -4.92. The van der Waals surface area contributed by atoms with Crippen molar-refractivity contribution in [2.45, 2.75) is 25.7 Å². The first-order chi connectivity index (χ1) is 15.0. The van der Waals surface area contributed by atoms with E-state index >= 15 is 0 Å². The normalized spacial score (nSPS) is 12.0. The minimum absolute atomic E-state index is 0.0769. The smallest absolute Gasteiger partial charge is 0.352 e. The van der Waals surface area contributed by atoms with E-state index in [9.17, 15) is 31.1 Å². The van der Waals surface area contributed by atoms with Gasteiger partial charge in [-0.25, -0.2) is 0 Å². The fraction of sp³-hybridized carbons (Fsp3) is 0.217. The number of carbonyl (C=O) groups excluding carboxylic acids is 1. The third-order valence-corrected chi connectivity index (χ3v) is 4.85. The molecule has 0 aliphatic rings. The molecule has 1 aromatic heterocycles.